The number of amides is 4. The third-order valence-electron chi connectivity index (χ3n) is 8.14. The van der Waals surface area contributed by atoms with Crippen LogP contribution in [0, 0.1) is 11.3 Å². The minimum absolute atomic E-state index is 0.125. The SMILES string of the molecule is O=C1CCC(N2C(=O)c3ccc(N4CC5(CCN(CC6CNC6)CC5)C4)cc3C2=O)C(=O)N1. The van der Waals surface area contributed by atoms with E-state index in [0.29, 0.717) is 16.5 Å². The number of benzene rings is 1. The third-order valence-corrected chi connectivity index (χ3v) is 8.14. The number of carbonyl (C=O) groups excluding carboxylic acids is 4. The van der Waals surface area contributed by atoms with Gasteiger partial charge in [0.05, 0.1) is 11.1 Å². The molecule has 174 valence electrons. The molecule has 2 N–H and O–H groups in total. The van der Waals surface area contributed by atoms with Gasteiger partial charge in [0.1, 0.15) is 6.04 Å². The molecule has 9 heteroatoms. The fourth-order valence-electron chi connectivity index (χ4n) is 5.97. The fraction of sp³-hybridized carbons (Fsp3) is 0.583. The first kappa shape index (κ1) is 20.8. The Kier molecular flexibility index (Phi) is 4.81. The van der Waals surface area contributed by atoms with Crippen molar-refractivity contribution < 1.29 is 19.2 Å². The highest BCUT2D eigenvalue weighted by Gasteiger charge is 2.47. The van der Waals surface area contributed by atoms with Gasteiger partial charge in [0, 0.05) is 50.2 Å². The molecule has 1 aromatic carbocycles. The zero-order valence-electron chi connectivity index (χ0n) is 18.6. The Morgan fingerprint density at radius 2 is 1.70 bits per heavy atom. The van der Waals surface area contributed by atoms with Gasteiger partial charge in [0.25, 0.3) is 11.8 Å². The predicted molar refractivity (Wildman–Crippen MR) is 120 cm³/mol. The predicted octanol–water partition coefficient (Wildman–Crippen LogP) is 0.209. The van der Waals surface area contributed by atoms with Gasteiger partial charge in [-0.2, -0.15) is 0 Å². The second-order valence-electron chi connectivity index (χ2n) is 10.4. The van der Waals surface area contributed by atoms with Crippen molar-refractivity contribution in [2.45, 2.75) is 31.7 Å². The first-order valence-electron chi connectivity index (χ1n) is 12.0. The number of carbonyl (C=O) groups is 4. The smallest absolute Gasteiger partial charge is 0.262 e. The van der Waals surface area contributed by atoms with Gasteiger partial charge in [-0.15, -0.1) is 0 Å². The van der Waals surface area contributed by atoms with Crippen molar-refractivity contribution in [2.24, 2.45) is 11.3 Å². The summed E-state index contributed by atoms with van der Waals surface area (Å²) in [7, 11) is 0. The molecule has 0 saturated carbocycles. The maximum Gasteiger partial charge on any atom is 0.262 e. The quantitative estimate of drug-likeness (QED) is 0.631. The number of likely N-dealkylation sites (tertiary alicyclic amines) is 1. The minimum Gasteiger partial charge on any atom is -0.370 e. The highest BCUT2D eigenvalue weighted by molar-refractivity contribution is 6.23. The molecule has 5 aliphatic heterocycles. The summed E-state index contributed by atoms with van der Waals surface area (Å²) in [5, 5.41) is 5.58. The van der Waals surface area contributed by atoms with Crippen LogP contribution in [0.5, 0.6) is 0 Å². The molecule has 33 heavy (non-hydrogen) atoms. The van der Waals surface area contributed by atoms with Crippen LogP contribution in [-0.4, -0.2) is 85.3 Å². The number of fused-ring (bicyclic) bond motifs is 1. The number of hydrogen-bond donors (Lipinski definition) is 2. The summed E-state index contributed by atoms with van der Waals surface area (Å²) in [4.78, 5) is 55.6. The third kappa shape index (κ3) is 3.45. The maximum absolute atomic E-state index is 13.1. The van der Waals surface area contributed by atoms with Crippen LogP contribution in [0.4, 0.5) is 5.69 Å². The van der Waals surface area contributed by atoms with E-state index in [9.17, 15) is 19.2 Å². The molecule has 0 radical (unpaired) electrons. The van der Waals surface area contributed by atoms with Gasteiger partial charge in [0.15, 0.2) is 0 Å². The van der Waals surface area contributed by atoms with Crippen molar-refractivity contribution in [1.82, 2.24) is 20.4 Å². The number of hydrogen-bond acceptors (Lipinski definition) is 7. The number of anilines is 1. The van der Waals surface area contributed by atoms with Crippen LogP contribution in [0.15, 0.2) is 18.2 Å². The number of nitrogens with zero attached hydrogens (tertiary/aromatic N) is 3. The Hall–Kier alpha value is -2.78. The zero-order valence-corrected chi connectivity index (χ0v) is 18.6. The molecule has 4 fully saturated rings. The van der Waals surface area contributed by atoms with Crippen molar-refractivity contribution >= 4 is 29.3 Å². The van der Waals surface area contributed by atoms with Crippen molar-refractivity contribution in [3.63, 3.8) is 0 Å². The lowest BCUT2D eigenvalue weighted by Crippen LogP contribution is -2.61. The second kappa shape index (κ2) is 7.63. The fourth-order valence-corrected chi connectivity index (χ4v) is 5.97. The Morgan fingerprint density at radius 1 is 0.970 bits per heavy atom. The van der Waals surface area contributed by atoms with Crippen LogP contribution in [0.3, 0.4) is 0 Å². The number of imide groups is 2. The van der Waals surface area contributed by atoms with E-state index >= 15 is 0 Å². The monoisotopic (exact) mass is 451 g/mol. The standard InChI is InChI=1S/C24H29N5O4/c30-20-4-3-19(21(31)26-20)29-22(32)17-2-1-16(9-18(17)23(29)33)28-13-24(14-28)5-7-27(8-6-24)12-15-10-25-11-15/h1-2,9,15,19,25H,3-8,10-14H2,(H,26,30,31). The summed E-state index contributed by atoms with van der Waals surface area (Å²) in [6.07, 6.45) is 2.70. The van der Waals surface area contributed by atoms with Crippen LogP contribution in [0.25, 0.3) is 0 Å². The molecule has 4 saturated heterocycles. The molecular formula is C24H29N5O4. The molecule has 0 aliphatic carbocycles. The zero-order chi connectivity index (χ0) is 22.7. The van der Waals surface area contributed by atoms with Gasteiger partial charge in [0.2, 0.25) is 11.8 Å². The average molecular weight is 452 g/mol. The molecule has 9 nitrogen and oxygen atoms in total. The molecule has 1 aromatic rings. The molecule has 4 amide bonds. The Morgan fingerprint density at radius 3 is 2.36 bits per heavy atom. The average Bonchev–Trinajstić information content (AvgIpc) is 2.99. The van der Waals surface area contributed by atoms with Crippen LogP contribution in [-0.2, 0) is 9.59 Å². The van der Waals surface area contributed by atoms with Gasteiger partial charge < -0.3 is 15.1 Å². The summed E-state index contributed by atoms with van der Waals surface area (Å²) in [6.45, 7) is 7.77. The largest absolute Gasteiger partial charge is 0.370 e. The number of rotatable bonds is 4. The summed E-state index contributed by atoms with van der Waals surface area (Å²) < 4.78 is 0. The van der Waals surface area contributed by atoms with E-state index in [1.165, 1.54) is 19.4 Å². The van der Waals surface area contributed by atoms with Gasteiger partial charge in [-0.3, -0.25) is 29.4 Å². The van der Waals surface area contributed by atoms with Gasteiger partial charge in [-0.25, -0.2) is 0 Å². The first-order valence-corrected chi connectivity index (χ1v) is 12.0. The van der Waals surface area contributed by atoms with E-state index in [0.717, 1.165) is 55.8 Å². The van der Waals surface area contributed by atoms with E-state index in [4.69, 9.17) is 0 Å². The molecule has 0 bridgehead atoms. The Balaban J connectivity index is 1.11. The van der Waals surface area contributed by atoms with Gasteiger partial charge in [-0.05, 0) is 56.5 Å². The number of nitrogens with one attached hydrogen (secondary N) is 2. The molecule has 5 heterocycles. The molecule has 6 rings (SSSR count). The molecule has 1 spiro atoms. The molecule has 0 aromatic heterocycles. The van der Waals surface area contributed by atoms with E-state index in [-0.39, 0.29) is 18.7 Å². The van der Waals surface area contributed by atoms with Crippen LogP contribution in [0.2, 0.25) is 0 Å². The Bertz CT molecular complexity index is 1040. The highest BCUT2D eigenvalue weighted by atomic mass is 16.2. The summed E-state index contributed by atoms with van der Waals surface area (Å²) in [5.41, 5.74) is 1.99. The van der Waals surface area contributed by atoms with E-state index < -0.39 is 23.8 Å². The normalized spacial score (nSPS) is 27.5. The first-order chi connectivity index (χ1) is 15.9. The molecule has 5 aliphatic rings. The lowest BCUT2D eigenvalue weighted by molar-refractivity contribution is -0.136. The van der Waals surface area contributed by atoms with Gasteiger partial charge in [-0.1, -0.05) is 0 Å². The summed E-state index contributed by atoms with van der Waals surface area (Å²) in [6, 6.07) is 4.49. The minimum atomic E-state index is -0.924. The maximum atomic E-state index is 13.1. The summed E-state index contributed by atoms with van der Waals surface area (Å²) in [5.74, 6) is -1.04. The van der Waals surface area contributed by atoms with E-state index in [1.807, 2.05) is 6.07 Å². The lowest BCUT2D eigenvalue weighted by Gasteiger charge is -2.55. The van der Waals surface area contributed by atoms with Gasteiger partial charge >= 0.3 is 0 Å². The van der Waals surface area contributed by atoms with Crippen LogP contribution in [0.1, 0.15) is 46.4 Å². The topological polar surface area (TPSA) is 102 Å². The van der Waals surface area contributed by atoms with Crippen molar-refractivity contribution in [2.75, 3.05) is 50.7 Å². The molecular weight excluding hydrogens is 422 g/mol. The van der Waals surface area contributed by atoms with Crippen molar-refractivity contribution in [3.8, 4) is 0 Å². The highest BCUT2D eigenvalue weighted by Crippen LogP contribution is 2.43. The molecule has 1 unspecified atom stereocenters. The van der Waals surface area contributed by atoms with E-state index in [1.54, 1.807) is 12.1 Å². The van der Waals surface area contributed by atoms with E-state index in [2.05, 4.69) is 20.4 Å². The van der Waals surface area contributed by atoms with Crippen LogP contribution >= 0.6 is 0 Å². The van der Waals surface area contributed by atoms with Crippen LogP contribution < -0.4 is 15.5 Å². The lowest BCUT2D eigenvalue weighted by atomic mass is 9.71. The molecule has 1 atom stereocenters. The Labute approximate surface area is 192 Å². The summed E-state index contributed by atoms with van der Waals surface area (Å²) >= 11 is 0. The van der Waals surface area contributed by atoms with Crippen molar-refractivity contribution in [3.05, 3.63) is 29.3 Å². The second-order valence-corrected chi connectivity index (χ2v) is 10.4. The van der Waals surface area contributed by atoms with Crippen molar-refractivity contribution in [1.29, 1.82) is 0 Å². The number of piperidine rings is 2.